The minimum atomic E-state index is -0.849. The summed E-state index contributed by atoms with van der Waals surface area (Å²) in [6.45, 7) is 5.52. The Balaban J connectivity index is 2.46. The topological polar surface area (TPSA) is 66.4 Å². The van der Waals surface area contributed by atoms with Crippen LogP contribution in [0.2, 0.25) is 0 Å². The van der Waals surface area contributed by atoms with Gasteiger partial charge in [0.1, 0.15) is 0 Å². The zero-order valence-corrected chi connectivity index (χ0v) is 11.6. The average Bonchev–Trinajstić information content (AvgIpc) is 2.38. The molecule has 0 fully saturated rings. The van der Waals surface area contributed by atoms with Crippen LogP contribution in [0.4, 0.5) is 0 Å². The highest BCUT2D eigenvalue weighted by Gasteiger charge is 2.26. The molecule has 19 heavy (non-hydrogen) atoms. The fourth-order valence-corrected chi connectivity index (χ4v) is 1.65. The molecular formula is C15H21NO3. The van der Waals surface area contributed by atoms with Gasteiger partial charge in [-0.1, -0.05) is 30.3 Å². The van der Waals surface area contributed by atoms with Crippen molar-refractivity contribution in [1.29, 1.82) is 0 Å². The Morgan fingerprint density at radius 1 is 1.26 bits per heavy atom. The van der Waals surface area contributed by atoms with Gasteiger partial charge in [-0.15, -0.1) is 0 Å². The predicted octanol–water partition coefficient (Wildman–Crippen LogP) is 2.41. The Kier molecular flexibility index (Phi) is 5.10. The van der Waals surface area contributed by atoms with Gasteiger partial charge in [-0.05, 0) is 32.8 Å². The molecular weight excluding hydrogens is 242 g/mol. The molecule has 104 valence electrons. The first-order valence-corrected chi connectivity index (χ1v) is 6.40. The normalized spacial score (nSPS) is 12.8. The van der Waals surface area contributed by atoms with E-state index in [0.29, 0.717) is 13.0 Å². The lowest BCUT2D eigenvalue weighted by atomic mass is 9.89. The van der Waals surface area contributed by atoms with Crippen LogP contribution in [0.3, 0.4) is 0 Å². The van der Waals surface area contributed by atoms with Gasteiger partial charge in [0.05, 0.1) is 11.3 Å². The van der Waals surface area contributed by atoms with Crippen LogP contribution >= 0.6 is 0 Å². The molecule has 0 bridgehead atoms. The van der Waals surface area contributed by atoms with Gasteiger partial charge >= 0.3 is 5.97 Å². The van der Waals surface area contributed by atoms with Gasteiger partial charge in [-0.2, -0.15) is 0 Å². The molecule has 1 aromatic rings. The number of carboxylic acids is 1. The Morgan fingerprint density at radius 2 is 1.84 bits per heavy atom. The summed E-state index contributed by atoms with van der Waals surface area (Å²) in [5.41, 5.74) is 0.140. The summed E-state index contributed by atoms with van der Waals surface area (Å²) < 4.78 is 0. The summed E-state index contributed by atoms with van der Waals surface area (Å²) in [5.74, 6) is -1.15. The Bertz CT molecular complexity index is 440. The van der Waals surface area contributed by atoms with Gasteiger partial charge in [0.15, 0.2) is 0 Å². The highest BCUT2D eigenvalue weighted by atomic mass is 16.4. The molecule has 0 spiro atoms. The first-order chi connectivity index (χ1) is 8.84. The van der Waals surface area contributed by atoms with Crippen LogP contribution in [0.1, 0.15) is 38.7 Å². The number of carboxylic acid groups (broad SMARTS) is 1. The minimum Gasteiger partial charge on any atom is -0.481 e. The molecule has 4 heteroatoms. The van der Waals surface area contributed by atoms with Crippen molar-refractivity contribution in [2.75, 3.05) is 6.54 Å². The summed E-state index contributed by atoms with van der Waals surface area (Å²) in [6, 6.07) is 9.51. The van der Waals surface area contributed by atoms with Crippen LogP contribution in [-0.2, 0) is 9.59 Å². The Labute approximate surface area is 113 Å². The maximum atomic E-state index is 11.9. The average molecular weight is 263 g/mol. The highest BCUT2D eigenvalue weighted by Crippen LogP contribution is 2.20. The molecule has 0 heterocycles. The quantitative estimate of drug-likeness (QED) is 0.828. The van der Waals surface area contributed by atoms with Gasteiger partial charge in [0.25, 0.3) is 0 Å². The third kappa shape index (κ3) is 4.39. The van der Waals surface area contributed by atoms with E-state index in [1.54, 1.807) is 13.8 Å². The van der Waals surface area contributed by atoms with Crippen molar-refractivity contribution in [1.82, 2.24) is 5.32 Å². The first-order valence-electron chi connectivity index (χ1n) is 6.40. The number of amides is 1. The van der Waals surface area contributed by atoms with Crippen molar-refractivity contribution in [3.05, 3.63) is 35.9 Å². The summed E-state index contributed by atoms with van der Waals surface area (Å²) >= 11 is 0. The van der Waals surface area contributed by atoms with Crippen LogP contribution in [0.15, 0.2) is 30.3 Å². The molecule has 0 saturated heterocycles. The number of nitrogens with one attached hydrogen (secondary N) is 1. The Morgan fingerprint density at radius 3 is 2.37 bits per heavy atom. The number of hydrogen-bond donors (Lipinski definition) is 2. The molecule has 4 nitrogen and oxygen atoms in total. The second-order valence-corrected chi connectivity index (χ2v) is 5.36. The van der Waals surface area contributed by atoms with E-state index in [2.05, 4.69) is 5.32 Å². The van der Waals surface area contributed by atoms with E-state index in [4.69, 9.17) is 5.11 Å². The zero-order valence-electron chi connectivity index (χ0n) is 11.6. The van der Waals surface area contributed by atoms with E-state index in [1.165, 1.54) is 0 Å². The van der Waals surface area contributed by atoms with Crippen molar-refractivity contribution in [2.24, 2.45) is 5.41 Å². The molecule has 0 saturated carbocycles. The van der Waals surface area contributed by atoms with E-state index in [9.17, 15) is 9.59 Å². The van der Waals surface area contributed by atoms with Gasteiger partial charge in [-0.3, -0.25) is 9.59 Å². The fraction of sp³-hybridized carbons (Fsp3) is 0.467. The smallest absolute Gasteiger partial charge is 0.309 e. The van der Waals surface area contributed by atoms with Gasteiger partial charge in [0, 0.05) is 6.54 Å². The molecule has 0 unspecified atom stereocenters. The summed E-state index contributed by atoms with van der Waals surface area (Å²) in [6.07, 6.45) is 0.412. The molecule has 0 aliphatic rings. The molecule has 0 aliphatic carbocycles. The number of aliphatic carboxylic acids is 1. The van der Waals surface area contributed by atoms with Crippen LogP contribution in [0, 0.1) is 5.41 Å². The van der Waals surface area contributed by atoms with E-state index in [1.807, 2.05) is 37.3 Å². The maximum absolute atomic E-state index is 11.9. The lowest BCUT2D eigenvalue weighted by Crippen LogP contribution is -2.33. The van der Waals surface area contributed by atoms with E-state index < -0.39 is 11.4 Å². The predicted molar refractivity (Wildman–Crippen MR) is 73.9 cm³/mol. The van der Waals surface area contributed by atoms with Crippen molar-refractivity contribution in [2.45, 2.75) is 33.1 Å². The molecule has 1 aromatic carbocycles. The molecule has 1 atom stereocenters. The Hall–Kier alpha value is -1.84. The van der Waals surface area contributed by atoms with E-state index >= 15 is 0 Å². The third-order valence-electron chi connectivity index (χ3n) is 3.32. The first kappa shape index (κ1) is 15.2. The van der Waals surface area contributed by atoms with Gasteiger partial charge < -0.3 is 10.4 Å². The number of hydrogen-bond acceptors (Lipinski definition) is 2. The monoisotopic (exact) mass is 263 g/mol. The van der Waals surface area contributed by atoms with Crippen LogP contribution in [0.25, 0.3) is 0 Å². The number of carbonyl (C=O) groups excluding carboxylic acids is 1. The standard InChI is InChI=1S/C15H21NO3/c1-11(12-7-5-4-6-8-12)13(17)16-10-9-15(2,3)14(18)19/h4-8,11H,9-10H2,1-3H3,(H,16,17)(H,18,19)/t11-/m1/s1. The van der Waals surface area contributed by atoms with Gasteiger partial charge in [0.2, 0.25) is 5.91 Å². The molecule has 0 radical (unpaired) electrons. The van der Waals surface area contributed by atoms with Crippen LogP contribution < -0.4 is 5.32 Å². The van der Waals surface area contributed by atoms with Crippen molar-refractivity contribution in [3.63, 3.8) is 0 Å². The minimum absolute atomic E-state index is 0.0765. The van der Waals surface area contributed by atoms with Gasteiger partial charge in [-0.25, -0.2) is 0 Å². The summed E-state index contributed by atoms with van der Waals surface area (Å²) in [7, 11) is 0. The van der Waals surface area contributed by atoms with E-state index in [-0.39, 0.29) is 11.8 Å². The van der Waals surface area contributed by atoms with Crippen LogP contribution in [0.5, 0.6) is 0 Å². The molecule has 1 rings (SSSR count). The number of rotatable bonds is 6. The number of carbonyl (C=O) groups is 2. The lowest BCUT2D eigenvalue weighted by molar-refractivity contribution is -0.147. The molecule has 0 aliphatic heterocycles. The molecule has 1 amide bonds. The second kappa shape index (κ2) is 6.36. The van der Waals surface area contributed by atoms with Crippen molar-refractivity contribution >= 4 is 11.9 Å². The SMILES string of the molecule is C[C@@H](C(=O)NCCC(C)(C)C(=O)O)c1ccccc1. The lowest BCUT2D eigenvalue weighted by Gasteiger charge is -2.20. The van der Waals surface area contributed by atoms with Crippen molar-refractivity contribution in [3.8, 4) is 0 Å². The number of benzene rings is 1. The highest BCUT2D eigenvalue weighted by molar-refractivity contribution is 5.83. The summed E-state index contributed by atoms with van der Waals surface area (Å²) in [5, 5.41) is 11.8. The molecule has 0 aromatic heterocycles. The van der Waals surface area contributed by atoms with Crippen molar-refractivity contribution < 1.29 is 14.7 Å². The third-order valence-corrected chi connectivity index (χ3v) is 3.32. The van der Waals surface area contributed by atoms with Crippen LogP contribution in [-0.4, -0.2) is 23.5 Å². The zero-order chi connectivity index (χ0) is 14.5. The molecule has 2 N–H and O–H groups in total. The maximum Gasteiger partial charge on any atom is 0.309 e. The fourth-order valence-electron chi connectivity index (χ4n) is 1.65. The second-order valence-electron chi connectivity index (χ2n) is 5.36. The summed E-state index contributed by atoms with van der Waals surface area (Å²) in [4.78, 5) is 22.9. The largest absolute Gasteiger partial charge is 0.481 e. The van der Waals surface area contributed by atoms with E-state index in [0.717, 1.165) is 5.56 Å².